The van der Waals surface area contributed by atoms with Crippen molar-refractivity contribution in [2.45, 2.75) is 18.5 Å². The molecule has 1 heterocycles. The number of nitrogens with one attached hydrogen (secondary N) is 1. The number of hydrogen-bond acceptors (Lipinski definition) is 5. The van der Waals surface area contributed by atoms with Crippen molar-refractivity contribution in [2.75, 3.05) is 12.3 Å². The van der Waals surface area contributed by atoms with Crippen molar-refractivity contribution in [3.63, 3.8) is 0 Å². The first-order valence-corrected chi connectivity index (χ1v) is 10.2. The van der Waals surface area contributed by atoms with Crippen molar-refractivity contribution in [2.24, 2.45) is 5.73 Å². The lowest BCUT2D eigenvalue weighted by Gasteiger charge is -2.08. The lowest BCUT2D eigenvalue weighted by Crippen LogP contribution is -2.27. The topological polar surface area (TPSA) is 103 Å². The molecule has 0 aliphatic rings. The third-order valence-electron chi connectivity index (χ3n) is 4.23. The second-order valence-electron chi connectivity index (χ2n) is 6.37. The quantitative estimate of drug-likeness (QED) is 0.536. The fraction of sp³-hybridized carbons (Fsp3) is 0.200. The molecular weight excluding hydrogens is 410 g/mol. The van der Waals surface area contributed by atoms with Gasteiger partial charge in [-0.3, -0.25) is 14.2 Å². The molecule has 1 aromatic heterocycles. The summed E-state index contributed by atoms with van der Waals surface area (Å²) in [7, 11) is 0. The van der Waals surface area contributed by atoms with E-state index in [0.717, 1.165) is 16.8 Å². The van der Waals surface area contributed by atoms with Crippen LogP contribution in [0.4, 0.5) is 0 Å². The molecule has 3 rings (SSSR count). The zero-order chi connectivity index (χ0) is 20.8. The van der Waals surface area contributed by atoms with E-state index in [1.165, 1.54) is 11.8 Å². The Morgan fingerprint density at radius 3 is 2.83 bits per heavy atom. The van der Waals surface area contributed by atoms with Crippen molar-refractivity contribution in [3.8, 4) is 5.69 Å². The second kappa shape index (κ2) is 9.58. The van der Waals surface area contributed by atoms with Crippen LogP contribution in [0.5, 0.6) is 0 Å². The highest BCUT2D eigenvalue weighted by Crippen LogP contribution is 2.23. The molecule has 3 aromatic rings. The lowest BCUT2D eigenvalue weighted by atomic mass is 10.1. The standard InChI is InChI=1S/C20H20ClN5O2S/c1-13-5-6-16(10-17(13)21)26-12-24-25-20(26)29-11-18(27)23-8-7-14-3-2-4-15(9-14)19(22)28/h2-6,9-10,12H,7-8,11H2,1H3,(H2,22,28)(H,23,27). The van der Waals surface area contributed by atoms with Crippen LogP contribution >= 0.6 is 23.4 Å². The van der Waals surface area contributed by atoms with Crippen molar-refractivity contribution in [3.05, 3.63) is 70.5 Å². The number of halogens is 1. The molecule has 7 nitrogen and oxygen atoms in total. The number of aryl methyl sites for hydroxylation is 1. The predicted molar refractivity (Wildman–Crippen MR) is 114 cm³/mol. The van der Waals surface area contributed by atoms with Gasteiger partial charge in [0.1, 0.15) is 6.33 Å². The van der Waals surface area contributed by atoms with Crippen LogP contribution in [-0.4, -0.2) is 38.9 Å². The van der Waals surface area contributed by atoms with Crippen LogP contribution in [0.1, 0.15) is 21.5 Å². The Morgan fingerprint density at radius 2 is 2.07 bits per heavy atom. The largest absolute Gasteiger partial charge is 0.366 e. The smallest absolute Gasteiger partial charge is 0.248 e. The zero-order valence-electron chi connectivity index (χ0n) is 15.8. The van der Waals surface area contributed by atoms with E-state index in [2.05, 4.69) is 15.5 Å². The van der Waals surface area contributed by atoms with Gasteiger partial charge in [0.15, 0.2) is 5.16 Å². The van der Waals surface area contributed by atoms with E-state index in [9.17, 15) is 9.59 Å². The Kier molecular flexibility index (Phi) is 6.90. The summed E-state index contributed by atoms with van der Waals surface area (Å²) in [6.45, 7) is 2.39. The number of hydrogen-bond donors (Lipinski definition) is 2. The van der Waals surface area contributed by atoms with Crippen LogP contribution in [0.3, 0.4) is 0 Å². The first kappa shape index (κ1) is 20.9. The van der Waals surface area contributed by atoms with Crippen LogP contribution in [-0.2, 0) is 11.2 Å². The number of rotatable bonds is 8. The summed E-state index contributed by atoms with van der Waals surface area (Å²) < 4.78 is 1.79. The van der Waals surface area contributed by atoms with E-state index < -0.39 is 5.91 Å². The summed E-state index contributed by atoms with van der Waals surface area (Å²) in [5, 5.41) is 12.1. The summed E-state index contributed by atoms with van der Waals surface area (Å²) in [6.07, 6.45) is 2.20. The van der Waals surface area contributed by atoms with Gasteiger partial charge in [0.2, 0.25) is 11.8 Å². The van der Waals surface area contributed by atoms with Crippen LogP contribution in [0.15, 0.2) is 53.9 Å². The molecule has 0 saturated heterocycles. The summed E-state index contributed by atoms with van der Waals surface area (Å²) >= 11 is 7.49. The number of nitrogens with two attached hydrogens (primary N) is 1. The average molecular weight is 430 g/mol. The van der Waals surface area contributed by atoms with E-state index in [1.54, 1.807) is 29.1 Å². The van der Waals surface area contributed by atoms with Crippen LogP contribution in [0.25, 0.3) is 5.69 Å². The molecule has 0 aliphatic heterocycles. The molecule has 150 valence electrons. The molecule has 2 aromatic carbocycles. The molecule has 0 radical (unpaired) electrons. The van der Waals surface area contributed by atoms with Gasteiger partial charge in [-0.05, 0) is 48.7 Å². The summed E-state index contributed by atoms with van der Waals surface area (Å²) in [6, 6.07) is 12.8. The van der Waals surface area contributed by atoms with E-state index in [4.69, 9.17) is 17.3 Å². The van der Waals surface area contributed by atoms with Crippen molar-refractivity contribution in [1.82, 2.24) is 20.1 Å². The third kappa shape index (κ3) is 5.58. The fourth-order valence-electron chi connectivity index (χ4n) is 2.64. The molecule has 29 heavy (non-hydrogen) atoms. The highest BCUT2D eigenvalue weighted by atomic mass is 35.5. The number of amides is 2. The minimum atomic E-state index is -0.466. The lowest BCUT2D eigenvalue weighted by molar-refractivity contribution is -0.118. The van der Waals surface area contributed by atoms with E-state index in [1.807, 2.05) is 31.2 Å². The molecule has 9 heteroatoms. The minimum Gasteiger partial charge on any atom is -0.366 e. The Balaban J connectivity index is 1.51. The van der Waals surface area contributed by atoms with Crippen molar-refractivity contribution < 1.29 is 9.59 Å². The average Bonchev–Trinajstić information content (AvgIpc) is 3.17. The van der Waals surface area contributed by atoms with Crippen LogP contribution < -0.4 is 11.1 Å². The molecule has 0 fully saturated rings. The zero-order valence-corrected chi connectivity index (χ0v) is 17.3. The maximum absolute atomic E-state index is 12.2. The number of carbonyl (C=O) groups excluding carboxylic acids is 2. The van der Waals surface area contributed by atoms with E-state index in [-0.39, 0.29) is 11.7 Å². The number of primary amides is 1. The normalized spacial score (nSPS) is 10.7. The van der Waals surface area contributed by atoms with Crippen molar-refractivity contribution >= 4 is 35.2 Å². The second-order valence-corrected chi connectivity index (χ2v) is 7.72. The van der Waals surface area contributed by atoms with Gasteiger partial charge < -0.3 is 11.1 Å². The Labute approximate surface area is 177 Å². The Hall–Kier alpha value is -2.84. The number of thioether (sulfide) groups is 1. The predicted octanol–water partition coefficient (Wildman–Crippen LogP) is 2.78. The maximum atomic E-state index is 12.2. The highest BCUT2D eigenvalue weighted by molar-refractivity contribution is 7.99. The number of nitrogens with zero attached hydrogens (tertiary/aromatic N) is 3. The third-order valence-corrected chi connectivity index (χ3v) is 5.58. The molecule has 0 saturated carbocycles. The molecule has 0 spiro atoms. The van der Waals surface area contributed by atoms with Gasteiger partial charge in [-0.25, -0.2) is 0 Å². The molecule has 2 amide bonds. The first-order chi connectivity index (χ1) is 13.9. The number of carbonyl (C=O) groups is 2. The summed E-state index contributed by atoms with van der Waals surface area (Å²) in [5.41, 5.74) is 8.50. The van der Waals surface area contributed by atoms with Crippen molar-refractivity contribution in [1.29, 1.82) is 0 Å². The van der Waals surface area contributed by atoms with Gasteiger partial charge in [-0.1, -0.05) is 41.6 Å². The van der Waals surface area contributed by atoms with Crippen LogP contribution in [0.2, 0.25) is 5.02 Å². The fourth-order valence-corrected chi connectivity index (χ4v) is 3.57. The molecule has 0 unspecified atom stereocenters. The van der Waals surface area contributed by atoms with E-state index >= 15 is 0 Å². The molecule has 3 N–H and O–H groups in total. The SMILES string of the molecule is Cc1ccc(-n2cnnc2SCC(=O)NCCc2cccc(C(N)=O)c2)cc1Cl. The van der Waals surface area contributed by atoms with Gasteiger partial charge >= 0.3 is 0 Å². The molecule has 0 aliphatic carbocycles. The summed E-state index contributed by atoms with van der Waals surface area (Å²) in [4.78, 5) is 23.4. The number of benzene rings is 2. The highest BCUT2D eigenvalue weighted by Gasteiger charge is 2.11. The van der Waals surface area contributed by atoms with Gasteiger partial charge in [0.25, 0.3) is 0 Å². The first-order valence-electron chi connectivity index (χ1n) is 8.89. The van der Waals surface area contributed by atoms with E-state index in [0.29, 0.717) is 28.7 Å². The van der Waals surface area contributed by atoms with Gasteiger partial charge in [-0.2, -0.15) is 0 Å². The monoisotopic (exact) mass is 429 g/mol. The maximum Gasteiger partial charge on any atom is 0.248 e. The van der Waals surface area contributed by atoms with Gasteiger partial charge in [-0.15, -0.1) is 10.2 Å². The van der Waals surface area contributed by atoms with Crippen LogP contribution in [0, 0.1) is 6.92 Å². The molecule has 0 bridgehead atoms. The Bertz CT molecular complexity index is 1040. The number of aromatic nitrogens is 3. The Morgan fingerprint density at radius 1 is 1.24 bits per heavy atom. The molecule has 0 atom stereocenters. The van der Waals surface area contributed by atoms with Gasteiger partial charge in [0.05, 0.1) is 11.4 Å². The minimum absolute atomic E-state index is 0.113. The van der Waals surface area contributed by atoms with Gasteiger partial charge in [0, 0.05) is 17.1 Å². The summed E-state index contributed by atoms with van der Waals surface area (Å²) in [5.74, 6) is -0.372. The molecular formula is C20H20ClN5O2S.